The van der Waals surface area contributed by atoms with E-state index in [0.717, 1.165) is 11.3 Å². The molecule has 2 unspecified atom stereocenters. The van der Waals surface area contributed by atoms with Crippen LogP contribution in [-0.4, -0.2) is 46.7 Å². The van der Waals surface area contributed by atoms with Crippen molar-refractivity contribution in [3.05, 3.63) is 17.5 Å². The summed E-state index contributed by atoms with van der Waals surface area (Å²) in [7, 11) is -2.01. The van der Waals surface area contributed by atoms with Gasteiger partial charge in [0.15, 0.2) is 5.96 Å². The highest BCUT2D eigenvalue weighted by atomic mass is 32.2. The van der Waals surface area contributed by atoms with Gasteiger partial charge in [-0.1, -0.05) is 12.5 Å². The van der Waals surface area contributed by atoms with Gasteiger partial charge in [0.25, 0.3) is 0 Å². The molecule has 0 bridgehead atoms. The van der Waals surface area contributed by atoms with Crippen LogP contribution in [0.15, 0.2) is 26.7 Å². The van der Waals surface area contributed by atoms with Crippen LogP contribution in [0.2, 0.25) is 0 Å². The zero-order chi connectivity index (χ0) is 19.2. The Bertz CT molecular complexity index is 690. The third-order valence-corrected chi connectivity index (χ3v) is 7.03. The Hall–Kier alpha value is -1.33. The second-order valence-corrected chi connectivity index (χ2v) is 9.02. The molecule has 1 aromatic heterocycles. The van der Waals surface area contributed by atoms with Gasteiger partial charge in [-0.2, -0.15) is 13.2 Å². The molecule has 11 heteroatoms. The lowest BCUT2D eigenvalue weighted by Gasteiger charge is -2.31. The predicted molar refractivity (Wildman–Crippen MR) is 95.8 cm³/mol. The molecule has 148 valence electrons. The molecule has 26 heavy (non-hydrogen) atoms. The Labute approximate surface area is 155 Å². The van der Waals surface area contributed by atoms with Crippen LogP contribution in [0.4, 0.5) is 13.2 Å². The molecule has 0 amide bonds. The average molecular weight is 413 g/mol. The lowest BCUT2D eigenvalue weighted by Crippen LogP contribution is -2.48. The average Bonchev–Trinajstić information content (AvgIpc) is 3.12. The Morgan fingerprint density at radius 2 is 2.12 bits per heavy atom. The third-order valence-electron chi connectivity index (χ3n) is 4.17. The van der Waals surface area contributed by atoms with Crippen LogP contribution < -0.4 is 15.4 Å². The van der Waals surface area contributed by atoms with Crippen LogP contribution in [0.5, 0.6) is 0 Å². The molecular weight excluding hydrogens is 389 g/mol. The Kier molecular flexibility index (Phi) is 7.30. The monoisotopic (exact) mass is 412 g/mol. The number of nitrogens with zero attached hydrogens (tertiary/aromatic N) is 1. The van der Waals surface area contributed by atoms with Crippen molar-refractivity contribution >= 4 is 27.3 Å². The van der Waals surface area contributed by atoms with E-state index in [1.807, 2.05) is 0 Å². The zero-order valence-corrected chi connectivity index (χ0v) is 16.0. The van der Waals surface area contributed by atoms with Gasteiger partial charge in [0.1, 0.15) is 4.21 Å². The number of nitrogens with one attached hydrogen (secondary N) is 3. The summed E-state index contributed by atoms with van der Waals surface area (Å²) >= 11 is 1.13. The van der Waals surface area contributed by atoms with E-state index < -0.39 is 22.1 Å². The fraction of sp³-hybridized carbons (Fsp3) is 0.667. The molecule has 0 aromatic carbocycles. The number of halogens is 3. The molecule has 1 heterocycles. The van der Waals surface area contributed by atoms with Gasteiger partial charge in [0, 0.05) is 26.2 Å². The van der Waals surface area contributed by atoms with E-state index in [-0.39, 0.29) is 36.2 Å². The van der Waals surface area contributed by atoms with E-state index >= 15 is 0 Å². The van der Waals surface area contributed by atoms with Crippen LogP contribution in [0.1, 0.15) is 25.7 Å². The van der Waals surface area contributed by atoms with Crippen LogP contribution in [-0.2, 0) is 10.0 Å². The zero-order valence-electron chi connectivity index (χ0n) is 14.3. The lowest BCUT2D eigenvalue weighted by atomic mass is 9.85. The maximum absolute atomic E-state index is 12.9. The first-order valence-corrected chi connectivity index (χ1v) is 10.7. The van der Waals surface area contributed by atoms with Gasteiger partial charge < -0.3 is 10.6 Å². The number of thiophene rings is 1. The van der Waals surface area contributed by atoms with Gasteiger partial charge in [-0.25, -0.2) is 13.1 Å². The Morgan fingerprint density at radius 1 is 1.35 bits per heavy atom. The minimum atomic E-state index is -4.17. The number of hydrogen-bond donors (Lipinski definition) is 3. The third kappa shape index (κ3) is 6.13. The smallest absolute Gasteiger partial charge is 0.355 e. The van der Waals surface area contributed by atoms with E-state index in [1.54, 1.807) is 11.4 Å². The first-order valence-electron chi connectivity index (χ1n) is 8.29. The van der Waals surface area contributed by atoms with Crippen LogP contribution >= 0.6 is 11.3 Å². The molecule has 3 N–H and O–H groups in total. The van der Waals surface area contributed by atoms with Crippen molar-refractivity contribution in [3.8, 4) is 0 Å². The quantitative estimate of drug-likeness (QED) is 0.380. The maximum atomic E-state index is 12.9. The molecule has 1 fully saturated rings. The largest absolute Gasteiger partial charge is 0.391 e. The number of sulfonamides is 1. The summed E-state index contributed by atoms with van der Waals surface area (Å²) in [5.41, 5.74) is 0. The predicted octanol–water partition coefficient (Wildman–Crippen LogP) is 2.31. The molecule has 2 atom stereocenters. The summed E-state index contributed by atoms with van der Waals surface area (Å²) < 4.78 is 65.3. The highest BCUT2D eigenvalue weighted by Crippen LogP contribution is 2.37. The molecule has 1 aliphatic rings. The van der Waals surface area contributed by atoms with Crippen molar-refractivity contribution < 1.29 is 21.6 Å². The molecular formula is C15H23F3N4O2S2. The number of alkyl halides is 3. The Balaban J connectivity index is 1.76. The van der Waals surface area contributed by atoms with Crippen molar-refractivity contribution in [2.75, 3.05) is 20.1 Å². The van der Waals surface area contributed by atoms with Crippen LogP contribution in [0, 0.1) is 5.92 Å². The van der Waals surface area contributed by atoms with Gasteiger partial charge in [-0.15, -0.1) is 11.3 Å². The van der Waals surface area contributed by atoms with E-state index in [1.165, 1.54) is 13.1 Å². The lowest BCUT2D eigenvalue weighted by molar-refractivity contribution is -0.183. The van der Waals surface area contributed by atoms with E-state index in [2.05, 4.69) is 20.3 Å². The number of hydrogen-bond acceptors (Lipinski definition) is 4. The number of guanidine groups is 1. The maximum Gasteiger partial charge on any atom is 0.391 e. The first kappa shape index (κ1) is 21.0. The first-order chi connectivity index (χ1) is 12.2. The molecule has 0 saturated heterocycles. The van der Waals surface area contributed by atoms with Crippen molar-refractivity contribution in [2.24, 2.45) is 10.9 Å². The van der Waals surface area contributed by atoms with Crippen molar-refractivity contribution in [1.29, 1.82) is 0 Å². The van der Waals surface area contributed by atoms with Crippen LogP contribution in [0.25, 0.3) is 0 Å². The molecule has 0 spiro atoms. The SMILES string of the molecule is CN=C(NCCNS(=O)(=O)c1cccs1)NC1CCCC(C(F)(F)F)C1. The summed E-state index contributed by atoms with van der Waals surface area (Å²) in [6, 6.07) is 2.87. The molecule has 2 rings (SSSR count). The topological polar surface area (TPSA) is 82.6 Å². The number of rotatable bonds is 6. The van der Waals surface area contributed by atoms with Gasteiger partial charge in [-0.3, -0.25) is 4.99 Å². The van der Waals surface area contributed by atoms with Crippen molar-refractivity contribution in [2.45, 2.75) is 42.1 Å². The van der Waals surface area contributed by atoms with E-state index in [0.29, 0.717) is 18.8 Å². The highest BCUT2D eigenvalue weighted by molar-refractivity contribution is 7.91. The summed E-state index contributed by atoms with van der Waals surface area (Å²) in [5, 5.41) is 7.60. The summed E-state index contributed by atoms with van der Waals surface area (Å²) in [5.74, 6) is -0.919. The second kappa shape index (κ2) is 9.05. The molecule has 1 saturated carbocycles. The minimum Gasteiger partial charge on any atom is -0.355 e. The van der Waals surface area contributed by atoms with Crippen LogP contribution in [0.3, 0.4) is 0 Å². The normalized spacial score (nSPS) is 22.2. The molecule has 0 aliphatic heterocycles. The molecule has 0 radical (unpaired) electrons. The van der Waals surface area contributed by atoms with Gasteiger partial charge >= 0.3 is 6.18 Å². The molecule has 6 nitrogen and oxygen atoms in total. The Morgan fingerprint density at radius 3 is 2.73 bits per heavy atom. The summed E-state index contributed by atoms with van der Waals surface area (Å²) in [6.07, 6.45) is -2.82. The highest BCUT2D eigenvalue weighted by Gasteiger charge is 2.42. The fourth-order valence-electron chi connectivity index (χ4n) is 2.86. The van der Waals surface area contributed by atoms with Gasteiger partial charge in [0.05, 0.1) is 5.92 Å². The van der Waals surface area contributed by atoms with E-state index in [9.17, 15) is 21.6 Å². The fourth-order valence-corrected chi connectivity index (χ4v) is 4.93. The van der Waals surface area contributed by atoms with Crippen molar-refractivity contribution in [3.63, 3.8) is 0 Å². The minimum absolute atomic E-state index is 0.0230. The van der Waals surface area contributed by atoms with Gasteiger partial charge in [0.2, 0.25) is 10.0 Å². The summed E-state index contributed by atoms with van der Waals surface area (Å²) in [4.78, 5) is 3.99. The molecule has 1 aliphatic carbocycles. The van der Waals surface area contributed by atoms with E-state index in [4.69, 9.17) is 0 Å². The number of aliphatic imine (C=N–C) groups is 1. The standard InChI is InChI=1S/C15H23F3N4O2S2/c1-19-14(22-12-5-2-4-11(10-12)15(16,17)18)20-7-8-21-26(23,24)13-6-3-9-25-13/h3,6,9,11-12,21H,2,4-5,7-8,10H2,1H3,(H2,19,20,22). The van der Waals surface area contributed by atoms with Gasteiger partial charge in [-0.05, 0) is 30.7 Å². The van der Waals surface area contributed by atoms with Crippen molar-refractivity contribution in [1.82, 2.24) is 15.4 Å². The summed E-state index contributed by atoms with van der Waals surface area (Å²) in [6.45, 7) is 0.399. The second-order valence-electron chi connectivity index (χ2n) is 6.08. The molecule has 1 aromatic rings.